The van der Waals surface area contributed by atoms with Gasteiger partial charge >= 0.3 is 0 Å². The second-order valence-corrected chi connectivity index (χ2v) is 4.41. The summed E-state index contributed by atoms with van der Waals surface area (Å²) in [5.74, 6) is 0.416. The third kappa shape index (κ3) is 2.74. The molecule has 2 N–H and O–H groups in total. The van der Waals surface area contributed by atoms with Crippen molar-refractivity contribution in [2.45, 2.75) is 6.92 Å². The van der Waals surface area contributed by atoms with E-state index in [1.807, 2.05) is 6.92 Å². The zero-order valence-corrected chi connectivity index (χ0v) is 10.7. The molecule has 1 aromatic heterocycles. The van der Waals surface area contributed by atoms with E-state index in [9.17, 15) is 4.39 Å². The number of halogens is 2. The summed E-state index contributed by atoms with van der Waals surface area (Å²) in [4.78, 5) is 4.08. The number of nitrogens with two attached hydrogens (primary N) is 1. The molecule has 0 unspecified atom stereocenters. The molecule has 0 saturated carbocycles. The Balaban J connectivity index is 2.28. The van der Waals surface area contributed by atoms with Gasteiger partial charge in [-0.3, -0.25) is 0 Å². The van der Waals surface area contributed by atoms with Crippen molar-refractivity contribution < 1.29 is 9.13 Å². The average Bonchev–Trinajstić information content (AvgIpc) is 2.27. The highest BCUT2D eigenvalue weighted by Crippen LogP contribution is 2.28. The van der Waals surface area contributed by atoms with Gasteiger partial charge in [-0.1, -0.05) is 0 Å². The van der Waals surface area contributed by atoms with Crippen LogP contribution in [0.2, 0.25) is 0 Å². The normalized spacial score (nSPS) is 10.3. The minimum atomic E-state index is -0.394. The number of rotatable bonds is 2. The van der Waals surface area contributed by atoms with Crippen LogP contribution in [0.1, 0.15) is 5.56 Å². The smallest absolute Gasteiger partial charge is 0.219 e. The van der Waals surface area contributed by atoms with Crippen LogP contribution in [0.5, 0.6) is 11.6 Å². The lowest BCUT2D eigenvalue weighted by Gasteiger charge is -2.08. The molecule has 3 nitrogen and oxygen atoms in total. The summed E-state index contributed by atoms with van der Waals surface area (Å²) in [6.07, 6.45) is 1.64. The van der Waals surface area contributed by atoms with Crippen LogP contribution in [0.15, 0.2) is 34.9 Å². The maximum Gasteiger partial charge on any atom is 0.219 e. The third-order valence-corrected chi connectivity index (χ3v) is 3.04. The van der Waals surface area contributed by atoms with Crippen molar-refractivity contribution >= 4 is 21.6 Å². The van der Waals surface area contributed by atoms with Gasteiger partial charge in [-0.2, -0.15) is 0 Å². The summed E-state index contributed by atoms with van der Waals surface area (Å²) in [5, 5.41) is 0. The van der Waals surface area contributed by atoms with Crippen LogP contribution in [-0.4, -0.2) is 4.98 Å². The molecule has 0 saturated heterocycles. The number of pyridine rings is 1. The van der Waals surface area contributed by atoms with Gasteiger partial charge in [0.1, 0.15) is 5.82 Å². The van der Waals surface area contributed by atoms with E-state index in [1.165, 1.54) is 18.2 Å². The highest BCUT2D eigenvalue weighted by molar-refractivity contribution is 9.10. The SMILES string of the molecule is Cc1cc(Oc2ccc(F)cc2N)ncc1Br. The second-order valence-electron chi connectivity index (χ2n) is 3.56. The van der Waals surface area contributed by atoms with Crippen molar-refractivity contribution in [3.63, 3.8) is 0 Å². The fraction of sp³-hybridized carbons (Fsp3) is 0.0833. The van der Waals surface area contributed by atoms with Crippen molar-refractivity contribution in [1.82, 2.24) is 4.98 Å². The Morgan fingerprint density at radius 3 is 2.76 bits per heavy atom. The number of ether oxygens (including phenoxy) is 1. The van der Waals surface area contributed by atoms with Crippen LogP contribution in [0.4, 0.5) is 10.1 Å². The molecule has 0 spiro atoms. The van der Waals surface area contributed by atoms with Crippen LogP contribution in [0.25, 0.3) is 0 Å². The van der Waals surface area contributed by atoms with Gasteiger partial charge in [0.05, 0.1) is 5.69 Å². The maximum absolute atomic E-state index is 12.8. The van der Waals surface area contributed by atoms with Crippen LogP contribution in [0, 0.1) is 12.7 Å². The highest BCUT2D eigenvalue weighted by atomic mass is 79.9. The van der Waals surface area contributed by atoms with Crippen LogP contribution in [-0.2, 0) is 0 Å². The number of anilines is 1. The lowest BCUT2D eigenvalue weighted by molar-refractivity contribution is 0.463. The zero-order valence-electron chi connectivity index (χ0n) is 9.08. The minimum Gasteiger partial charge on any atom is -0.437 e. The third-order valence-electron chi connectivity index (χ3n) is 2.21. The predicted molar refractivity (Wildman–Crippen MR) is 67.6 cm³/mol. The summed E-state index contributed by atoms with van der Waals surface area (Å²) >= 11 is 3.35. The topological polar surface area (TPSA) is 48.1 Å². The molecule has 0 aliphatic heterocycles. The highest BCUT2D eigenvalue weighted by Gasteiger charge is 2.05. The zero-order chi connectivity index (χ0) is 12.4. The summed E-state index contributed by atoms with van der Waals surface area (Å²) < 4.78 is 19.2. The summed E-state index contributed by atoms with van der Waals surface area (Å²) in [6.45, 7) is 1.92. The Kier molecular flexibility index (Phi) is 3.28. The van der Waals surface area contributed by atoms with E-state index in [2.05, 4.69) is 20.9 Å². The number of aryl methyl sites for hydroxylation is 1. The van der Waals surface area contributed by atoms with Gasteiger partial charge in [0, 0.05) is 22.8 Å². The number of benzene rings is 1. The van der Waals surface area contributed by atoms with Gasteiger partial charge in [0.15, 0.2) is 5.75 Å². The first-order chi connectivity index (χ1) is 8.06. The van der Waals surface area contributed by atoms with E-state index in [-0.39, 0.29) is 5.69 Å². The van der Waals surface area contributed by atoms with Crippen molar-refractivity contribution in [2.24, 2.45) is 0 Å². The molecule has 0 aliphatic carbocycles. The Bertz CT molecular complexity index is 560. The molecule has 2 aromatic rings. The Morgan fingerprint density at radius 2 is 2.12 bits per heavy atom. The molecule has 0 radical (unpaired) electrons. The molecule has 1 heterocycles. The van der Waals surface area contributed by atoms with Crippen molar-refractivity contribution in [2.75, 3.05) is 5.73 Å². The van der Waals surface area contributed by atoms with Gasteiger partial charge in [0.2, 0.25) is 5.88 Å². The summed E-state index contributed by atoms with van der Waals surface area (Å²) in [6, 6.07) is 5.75. The second kappa shape index (κ2) is 4.71. The standard InChI is InChI=1S/C12H10BrFN2O/c1-7-4-12(16-6-9(7)13)17-11-3-2-8(14)5-10(11)15/h2-6H,15H2,1H3. The Hall–Kier alpha value is -1.62. The Labute approximate surface area is 107 Å². The quantitative estimate of drug-likeness (QED) is 0.860. The van der Waals surface area contributed by atoms with Gasteiger partial charge in [-0.05, 0) is 40.5 Å². The van der Waals surface area contributed by atoms with Gasteiger partial charge in [-0.15, -0.1) is 0 Å². The number of hydrogen-bond donors (Lipinski definition) is 1. The molecule has 88 valence electrons. The van der Waals surface area contributed by atoms with Gasteiger partial charge in [0.25, 0.3) is 0 Å². The first kappa shape index (κ1) is 11.9. The van der Waals surface area contributed by atoms with Crippen LogP contribution >= 0.6 is 15.9 Å². The van der Waals surface area contributed by atoms with E-state index in [0.717, 1.165) is 10.0 Å². The maximum atomic E-state index is 12.8. The lowest BCUT2D eigenvalue weighted by atomic mass is 10.3. The molecule has 0 bridgehead atoms. The van der Waals surface area contributed by atoms with Crippen molar-refractivity contribution in [3.8, 4) is 11.6 Å². The number of hydrogen-bond acceptors (Lipinski definition) is 3. The molecule has 5 heteroatoms. The minimum absolute atomic E-state index is 0.243. The van der Waals surface area contributed by atoms with Crippen molar-refractivity contribution in [1.29, 1.82) is 0 Å². The van der Waals surface area contributed by atoms with E-state index >= 15 is 0 Å². The van der Waals surface area contributed by atoms with Crippen LogP contribution in [0.3, 0.4) is 0 Å². The van der Waals surface area contributed by atoms with Gasteiger partial charge < -0.3 is 10.5 Å². The largest absolute Gasteiger partial charge is 0.437 e. The number of aromatic nitrogens is 1. The number of nitrogen functional groups attached to an aromatic ring is 1. The van der Waals surface area contributed by atoms with E-state index < -0.39 is 5.82 Å². The fourth-order valence-electron chi connectivity index (χ4n) is 1.29. The molecular weight excluding hydrogens is 287 g/mol. The molecule has 0 aliphatic rings. The molecule has 2 rings (SSSR count). The van der Waals surface area contributed by atoms with Gasteiger partial charge in [-0.25, -0.2) is 9.37 Å². The summed E-state index contributed by atoms with van der Waals surface area (Å²) in [7, 11) is 0. The lowest BCUT2D eigenvalue weighted by Crippen LogP contribution is -1.95. The molecule has 0 fully saturated rings. The number of nitrogens with zero attached hydrogens (tertiary/aromatic N) is 1. The van der Waals surface area contributed by atoms with Crippen LogP contribution < -0.4 is 10.5 Å². The molecule has 17 heavy (non-hydrogen) atoms. The molecule has 1 aromatic carbocycles. The first-order valence-corrected chi connectivity index (χ1v) is 5.70. The Morgan fingerprint density at radius 1 is 1.35 bits per heavy atom. The van der Waals surface area contributed by atoms with E-state index in [1.54, 1.807) is 12.3 Å². The molecule has 0 amide bonds. The van der Waals surface area contributed by atoms with E-state index in [4.69, 9.17) is 10.5 Å². The first-order valence-electron chi connectivity index (χ1n) is 4.91. The predicted octanol–water partition coefficient (Wildman–Crippen LogP) is 3.67. The monoisotopic (exact) mass is 296 g/mol. The summed E-state index contributed by atoms with van der Waals surface area (Å²) in [5.41, 5.74) is 6.87. The fourth-order valence-corrected chi connectivity index (χ4v) is 1.51. The van der Waals surface area contributed by atoms with Crippen molar-refractivity contribution in [3.05, 3.63) is 46.3 Å². The molecule has 0 atom stereocenters. The van der Waals surface area contributed by atoms with E-state index in [0.29, 0.717) is 11.6 Å². The average molecular weight is 297 g/mol. The molecular formula is C12H10BrFN2O.